The minimum atomic E-state index is 0.964. The van der Waals surface area contributed by atoms with E-state index in [0.717, 1.165) is 38.4 Å². The average molecular weight is 249 g/mol. The summed E-state index contributed by atoms with van der Waals surface area (Å²) in [4.78, 5) is 7.02. The summed E-state index contributed by atoms with van der Waals surface area (Å²) in [6.45, 7) is 11.9. The molecular weight excluding hydrogens is 222 g/mol. The Hall–Kier alpha value is -0.930. The molecule has 1 aromatic rings. The predicted molar refractivity (Wildman–Crippen MR) is 77.7 cm³/mol. The van der Waals surface area contributed by atoms with Crippen LogP contribution in [-0.4, -0.2) is 36.1 Å². The third kappa shape index (κ3) is 6.12. The number of rotatable bonds is 9. The second-order valence-electron chi connectivity index (χ2n) is 4.74. The van der Waals surface area contributed by atoms with Crippen molar-refractivity contribution in [1.82, 2.24) is 15.2 Å². The summed E-state index contributed by atoms with van der Waals surface area (Å²) in [6, 6.07) is 6.26. The molecule has 0 radical (unpaired) electrons. The monoisotopic (exact) mass is 249 g/mol. The highest BCUT2D eigenvalue weighted by Crippen LogP contribution is 2.03. The Kier molecular flexibility index (Phi) is 7.62. The third-order valence-corrected chi connectivity index (χ3v) is 3.03. The van der Waals surface area contributed by atoms with E-state index in [4.69, 9.17) is 0 Å². The fraction of sp³-hybridized carbons (Fsp3) is 0.667. The molecule has 0 saturated heterocycles. The van der Waals surface area contributed by atoms with E-state index in [9.17, 15) is 0 Å². The van der Waals surface area contributed by atoms with Crippen LogP contribution in [0.1, 0.15) is 38.1 Å². The minimum absolute atomic E-state index is 0.964. The van der Waals surface area contributed by atoms with Gasteiger partial charge in [-0.25, -0.2) is 0 Å². The molecule has 1 aromatic heterocycles. The number of hydrogen-bond donors (Lipinski definition) is 1. The Morgan fingerprint density at radius 3 is 2.72 bits per heavy atom. The van der Waals surface area contributed by atoms with Crippen molar-refractivity contribution in [2.24, 2.45) is 0 Å². The van der Waals surface area contributed by atoms with E-state index in [1.165, 1.54) is 18.5 Å². The van der Waals surface area contributed by atoms with E-state index in [1.807, 2.05) is 0 Å². The van der Waals surface area contributed by atoms with Crippen molar-refractivity contribution in [3.63, 3.8) is 0 Å². The van der Waals surface area contributed by atoms with Gasteiger partial charge in [0, 0.05) is 12.2 Å². The molecule has 0 aliphatic rings. The van der Waals surface area contributed by atoms with E-state index >= 15 is 0 Å². The fourth-order valence-corrected chi connectivity index (χ4v) is 2.00. The second-order valence-corrected chi connectivity index (χ2v) is 4.74. The third-order valence-electron chi connectivity index (χ3n) is 3.03. The van der Waals surface area contributed by atoms with Gasteiger partial charge in [-0.05, 0) is 58.1 Å². The van der Waals surface area contributed by atoms with Crippen molar-refractivity contribution in [1.29, 1.82) is 0 Å². The van der Waals surface area contributed by atoms with Gasteiger partial charge in [-0.1, -0.05) is 19.9 Å². The first-order valence-corrected chi connectivity index (χ1v) is 7.11. The van der Waals surface area contributed by atoms with Crippen molar-refractivity contribution in [2.45, 2.75) is 40.2 Å². The molecule has 102 valence electrons. The molecule has 0 bridgehead atoms. The summed E-state index contributed by atoms with van der Waals surface area (Å²) < 4.78 is 0. The lowest BCUT2D eigenvalue weighted by Crippen LogP contribution is -2.27. The summed E-state index contributed by atoms with van der Waals surface area (Å²) in [5, 5.41) is 3.45. The maximum atomic E-state index is 4.56. The summed E-state index contributed by atoms with van der Waals surface area (Å²) in [6.07, 6.45) is 2.42. The lowest BCUT2D eigenvalue weighted by atomic mass is 10.3. The quantitative estimate of drug-likeness (QED) is 0.682. The molecule has 1 heterocycles. The highest BCUT2D eigenvalue weighted by atomic mass is 15.1. The van der Waals surface area contributed by atoms with E-state index in [0.29, 0.717) is 0 Å². The highest BCUT2D eigenvalue weighted by Gasteiger charge is 2.04. The molecule has 0 aliphatic heterocycles. The van der Waals surface area contributed by atoms with Gasteiger partial charge in [-0.2, -0.15) is 0 Å². The number of aromatic nitrogens is 1. The summed E-state index contributed by atoms with van der Waals surface area (Å²) in [7, 11) is 0. The molecule has 0 aromatic carbocycles. The maximum Gasteiger partial charge on any atom is 0.0547 e. The minimum Gasteiger partial charge on any atom is -0.317 e. The van der Waals surface area contributed by atoms with Gasteiger partial charge in [0.05, 0.1) is 5.69 Å². The largest absolute Gasteiger partial charge is 0.317 e. The average Bonchev–Trinajstić information content (AvgIpc) is 2.37. The highest BCUT2D eigenvalue weighted by molar-refractivity contribution is 5.09. The fourth-order valence-electron chi connectivity index (χ4n) is 2.00. The molecule has 18 heavy (non-hydrogen) atoms. The van der Waals surface area contributed by atoms with Gasteiger partial charge in [0.15, 0.2) is 0 Å². The Bertz CT molecular complexity index is 325. The first-order valence-electron chi connectivity index (χ1n) is 7.11. The van der Waals surface area contributed by atoms with Gasteiger partial charge in [-0.15, -0.1) is 0 Å². The van der Waals surface area contributed by atoms with Gasteiger partial charge < -0.3 is 5.32 Å². The van der Waals surface area contributed by atoms with Crippen LogP contribution in [-0.2, 0) is 6.54 Å². The number of nitrogens with zero attached hydrogens (tertiary/aromatic N) is 2. The number of aryl methyl sites for hydroxylation is 1. The van der Waals surface area contributed by atoms with Gasteiger partial charge >= 0.3 is 0 Å². The molecule has 3 nitrogen and oxygen atoms in total. The van der Waals surface area contributed by atoms with Crippen LogP contribution >= 0.6 is 0 Å². The van der Waals surface area contributed by atoms with Gasteiger partial charge in [0.1, 0.15) is 0 Å². The molecule has 0 fully saturated rings. The van der Waals surface area contributed by atoms with Crippen LogP contribution in [0.5, 0.6) is 0 Å². The van der Waals surface area contributed by atoms with E-state index in [2.05, 4.69) is 54.2 Å². The molecule has 1 N–H and O–H groups in total. The lowest BCUT2D eigenvalue weighted by Gasteiger charge is -2.20. The smallest absolute Gasteiger partial charge is 0.0547 e. The Morgan fingerprint density at radius 2 is 2.06 bits per heavy atom. The maximum absolute atomic E-state index is 4.56. The molecular formula is C15H27N3. The first kappa shape index (κ1) is 15.1. The normalized spacial score (nSPS) is 11.1. The van der Waals surface area contributed by atoms with Crippen molar-refractivity contribution < 1.29 is 0 Å². The van der Waals surface area contributed by atoms with E-state index in [1.54, 1.807) is 0 Å². The number of pyridine rings is 1. The van der Waals surface area contributed by atoms with Crippen LogP contribution in [0, 0.1) is 6.92 Å². The van der Waals surface area contributed by atoms with Crippen LogP contribution in [0.4, 0.5) is 0 Å². The second kappa shape index (κ2) is 9.06. The number of nitrogens with one attached hydrogen (secondary N) is 1. The van der Waals surface area contributed by atoms with E-state index < -0.39 is 0 Å². The molecule has 0 saturated carbocycles. The van der Waals surface area contributed by atoms with Crippen LogP contribution in [0.15, 0.2) is 18.2 Å². The Labute approximate surface area is 112 Å². The zero-order valence-electron chi connectivity index (χ0n) is 12.1. The zero-order valence-corrected chi connectivity index (χ0v) is 12.1. The van der Waals surface area contributed by atoms with Gasteiger partial charge in [-0.3, -0.25) is 9.88 Å². The first-order chi connectivity index (χ1) is 8.76. The zero-order chi connectivity index (χ0) is 13.2. The predicted octanol–water partition coefficient (Wildman–Crippen LogP) is 2.60. The van der Waals surface area contributed by atoms with Gasteiger partial charge in [0.2, 0.25) is 0 Å². The van der Waals surface area contributed by atoms with Crippen LogP contribution in [0.25, 0.3) is 0 Å². The standard InChI is InChI=1S/C15H27N3/c1-4-10-16-11-7-12-18(5-2)13-15-9-6-8-14(3)17-15/h6,8-9,16H,4-5,7,10-13H2,1-3H3. The molecule has 0 atom stereocenters. The lowest BCUT2D eigenvalue weighted by molar-refractivity contribution is 0.271. The Morgan fingerprint density at radius 1 is 1.22 bits per heavy atom. The molecule has 1 rings (SSSR count). The summed E-state index contributed by atoms with van der Waals surface area (Å²) in [5.74, 6) is 0. The van der Waals surface area contributed by atoms with Crippen molar-refractivity contribution in [3.05, 3.63) is 29.6 Å². The van der Waals surface area contributed by atoms with Crippen LogP contribution < -0.4 is 5.32 Å². The molecule has 0 amide bonds. The van der Waals surface area contributed by atoms with Crippen LogP contribution in [0.3, 0.4) is 0 Å². The van der Waals surface area contributed by atoms with Crippen LogP contribution in [0.2, 0.25) is 0 Å². The van der Waals surface area contributed by atoms with E-state index in [-0.39, 0.29) is 0 Å². The molecule has 0 unspecified atom stereocenters. The van der Waals surface area contributed by atoms with Crippen molar-refractivity contribution in [2.75, 3.05) is 26.2 Å². The molecule has 3 heteroatoms. The summed E-state index contributed by atoms with van der Waals surface area (Å²) in [5.41, 5.74) is 2.28. The Balaban J connectivity index is 2.28. The van der Waals surface area contributed by atoms with Gasteiger partial charge in [0.25, 0.3) is 0 Å². The topological polar surface area (TPSA) is 28.2 Å². The molecule has 0 spiro atoms. The molecule has 0 aliphatic carbocycles. The van der Waals surface area contributed by atoms with Crippen molar-refractivity contribution in [3.8, 4) is 0 Å². The summed E-state index contributed by atoms with van der Waals surface area (Å²) >= 11 is 0. The van der Waals surface area contributed by atoms with Crippen molar-refractivity contribution >= 4 is 0 Å². The number of hydrogen-bond acceptors (Lipinski definition) is 3. The SMILES string of the molecule is CCCNCCCN(CC)Cc1cccc(C)n1.